The van der Waals surface area contributed by atoms with Crippen LogP contribution < -0.4 is 5.73 Å². The molecule has 0 saturated carbocycles. The molecule has 180 valence electrons. The van der Waals surface area contributed by atoms with Gasteiger partial charge in [0.1, 0.15) is 11.2 Å². The number of anilines is 1. The second-order valence-corrected chi connectivity index (χ2v) is 9.12. The number of hydrogen-bond acceptors (Lipinski definition) is 5. The van der Waals surface area contributed by atoms with Crippen molar-refractivity contribution in [2.24, 2.45) is 0 Å². The van der Waals surface area contributed by atoms with Gasteiger partial charge < -0.3 is 10.2 Å². The van der Waals surface area contributed by atoms with E-state index in [2.05, 4.69) is 18.2 Å². The highest BCUT2D eigenvalue weighted by molar-refractivity contribution is 6.12. The van der Waals surface area contributed by atoms with Gasteiger partial charge in [0, 0.05) is 38.7 Å². The normalized spacial score (nSPS) is 11.3. The molecule has 7 rings (SSSR count). The highest BCUT2D eigenvalue weighted by atomic mass is 16.3. The summed E-state index contributed by atoms with van der Waals surface area (Å²) < 4.78 is 6.46. The molecule has 0 unspecified atom stereocenters. The van der Waals surface area contributed by atoms with E-state index in [1.165, 1.54) is 0 Å². The standard InChI is InChI=1S/C33H22N4O/c34-24-17-15-21(16-18-24)29-27(20-19-26-25-13-7-8-14-28(25)38-30(26)29)33-36-31(22-9-3-1-4-10-22)35-32(37-33)23-11-5-2-6-12-23/h1-20H,34H2. The molecule has 0 radical (unpaired) electrons. The summed E-state index contributed by atoms with van der Waals surface area (Å²) in [4.78, 5) is 14.8. The van der Waals surface area contributed by atoms with Crippen LogP contribution in [0, 0.1) is 0 Å². The Morgan fingerprint density at radius 1 is 0.474 bits per heavy atom. The monoisotopic (exact) mass is 490 g/mol. The van der Waals surface area contributed by atoms with E-state index in [4.69, 9.17) is 25.1 Å². The van der Waals surface area contributed by atoms with Crippen molar-refractivity contribution in [3.63, 3.8) is 0 Å². The zero-order valence-corrected chi connectivity index (χ0v) is 20.4. The number of fused-ring (bicyclic) bond motifs is 3. The molecule has 0 bridgehead atoms. The maximum atomic E-state index is 6.46. The van der Waals surface area contributed by atoms with Crippen molar-refractivity contribution in [3.8, 4) is 45.3 Å². The molecule has 2 aromatic heterocycles. The Hall–Kier alpha value is -5.29. The van der Waals surface area contributed by atoms with Gasteiger partial charge >= 0.3 is 0 Å². The third-order valence-electron chi connectivity index (χ3n) is 6.69. The predicted molar refractivity (Wildman–Crippen MR) is 153 cm³/mol. The summed E-state index contributed by atoms with van der Waals surface area (Å²) in [7, 11) is 0. The lowest BCUT2D eigenvalue weighted by Crippen LogP contribution is -2.01. The second-order valence-electron chi connectivity index (χ2n) is 9.12. The van der Waals surface area contributed by atoms with Gasteiger partial charge in [-0.15, -0.1) is 0 Å². The van der Waals surface area contributed by atoms with Crippen LogP contribution in [-0.2, 0) is 0 Å². The summed E-state index contributed by atoms with van der Waals surface area (Å²) >= 11 is 0. The van der Waals surface area contributed by atoms with E-state index in [0.717, 1.165) is 49.8 Å². The fourth-order valence-corrected chi connectivity index (χ4v) is 4.84. The molecule has 2 heterocycles. The lowest BCUT2D eigenvalue weighted by molar-refractivity contribution is 0.670. The summed E-state index contributed by atoms with van der Waals surface area (Å²) in [6.07, 6.45) is 0. The van der Waals surface area contributed by atoms with Gasteiger partial charge in [0.05, 0.1) is 0 Å². The van der Waals surface area contributed by atoms with Crippen LogP contribution in [0.2, 0.25) is 0 Å². The molecule has 2 N–H and O–H groups in total. The molecule has 5 heteroatoms. The summed E-state index contributed by atoms with van der Waals surface area (Å²) in [6, 6.07) is 40.0. The maximum Gasteiger partial charge on any atom is 0.164 e. The van der Waals surface area contributed by atoms with Crippen LogP contribution in [0.4, 0.5) is 5.69 Å². The fourth-order valence-electron chi connectivity index (χ4n) is 4.84. The van der Waals surface area contributed by atoms with Gasteiger partial charge in [-0.05, 0) is 35.9 Å². The molecule has 38 heavy (non-hydrogen) atoms. The number of nitrogens with zero attached hydrogens (tertiary/aromatic N) is 3. The number of hydrogen-bond donors (Lipinski definition) is 1. The van der Waals surface area contributed by atoms with E-state index in [9.17, 15) is 0 Å². The van der Waals surface area contributed by atoms with Gasteiger partial charge in [-0.3, -0.25) is 0 Å². The molecular weight excluding hydrogens is 468 g/mol. The van der Waals surface area contributed by atoms with Gasteiger partial charge in [-0.2, -0.15) is 0 Å². The summed E-state index contributed by atoms with van der Waals surface area (Å²) in [5.41, 5.74) is 13.0. The lowest BCUT2D eigenvalue weighted by Gasteiger charge is -2.13. The van der Waals surface area contributed by atoms with E-state index in [1.54, 1.807) is 0 Å². The van der Waals surface area contributed by atoms with Gasteiger partial charge in [0.25, 0.3) is 0 Å². The first kappa shape index (κ1) is 21.9. The van der Waals surface area contributed by atoms with Gasteiger partial charge in [-0.1, -0.05) is 91.0 Å². The number of nitrogen functional groups attached to an aromatic ring is 1. The first-order valence-corrected chi connectivity index (χ1v) is 12.4. The molecular formula is C33H22N4O. The molecule has 7 aromatic rings. The summed E-state index contributed by atoms with van der Waals surface area (Å²) in [6.45, 7) is 0. The molecule has 0 amide bonds. The molecule has 0 aliphatic rings. The maximum absolute atomic E-state index is 6.46. The molecule has 0 spiro atoms. The minimum absolute atomic E-state index is 0.576. The number of nitrogens with two attached hydrogens (primary N) is 1. The largest absolute Gasteiger partial charge is 0.455 e. The minimum Gasteiger partial charge on any atom is -0.455 e. The van der Waals surface area contributed by atoms with Crippen LogP contribution in [0.15, 0.2) is 126 Å². The first-order chi connectivity index (χ1) is 18.7. The van der Waals surface area contributed by atoms with E-state index < -0.39 is 0 Å². The van der Waals surface area contributed by atoms with Crippen molar-refractivity contribution in [2.75, 3.05) is 5.73 Å². The topological polar surface area (TPSA) is 77.8 Å². The van der Waals surface area contributed by atoms with Gasteiger partial charge in [-0.25, -0.2) is 15.0 Å². The SMILES string of the molecule is Nc1ccc(-c2c(-c3nc(-c4ccccc4)nc(-c4ccccc4)n3)ccc3c2oc2ccccc23)cc1. The highest BCUT2D eigenvalue weighted by Gasteiger charge is 2.21. The Labute approximate surface area is 219 Å². The fraction of sp³-hybridized carbons (Fsp3) is 0. The molecule has 5 nitrogen and oxygen atoms in total. The number of aromatic nitrogens is 3. The lowest BCUT2D eigenvalue weighted by atomic mass is 9.96. The Morgan fingerprint density at radius 3 is 1.71 bits per heavy atom. The van der Waals surface area contributed by atoms with E-state index >= 15 is 0 Å². The molecule has 0 fully saturated rings. The van der Waals surface area contributed by atoms with Crippen LogP contribution in [-0.4, -0.2) is 15.0 Å². The van der Waals surface area contributed by atoms with Crippen molar-refractivity contribution >= 4 is 27.6 Å². The van der Waals surface area contributed by atoms with Crippen LogP contribution in [0.3, 0.4) is 0 Å². The molecule has 0 aliphatic carbocycles. The molecule has 0 saturated heterocycles. The third-order valence-corrected chi connectivity index (χ3v) is 6.69. The summed E-state index contributed by atoms with van der Waals surface area (Å²) in [5.74, 6) is 1.80. The van der Waals surface area contributed by atoms with E-state index in [-0.39, 0.29) is 0 Å². The summed E-state index contributed by atoms with van der Waals surface area (Å²) in [5, 5.41) is 2.10. The van der Waals surface area contributed by atoms with Crippen LogP contribution in [0.25, 0.3) is 67.2 Å². The zero-order valence-electron chi connectivity index (χ0n) is 20.4. The zero-order chi connectivity index (χ0) is 25.5. The average molecular weight is 491 g/mol. The molecule has 0 aliphatic heterocycles. The number of para-hydroxylation sites is 1. The minimum atomic E-state index is 0.576. The van der Waals surface area contributed by atoms with Crippen LogP contribution in [0.1, 0.15) is 0 Å². The Bertz CT molecular complexity index is 1850. The quantitative estimate of drug-likeness (QED) is 0.253. The van der Waals surface area contributed by atoms with Gasteiger partial charge in [0.15, 0.2) is 17.5 Å². The Kier molecular flexibility index (Phi) is 5.19. The van der Waals surface area contributed by atoms with E-state index in [1.807, 2.05) is 103 Å². The van der Waals surface area contributed by atoms with Crippen molar-refractivity contribution in [1.82, 2.24) is 15.0 Å². The average Bonchev–Trinajstić information content (AvgIpc) is 3.37. The molecule has 0 atom stereocenters. The second kappa shape index (κ2) is 8.98. The Morgan fingerprint density at radius 2 is 1.05 bits per heavy atom. The number of benzene rings is 5. The van der Waals surface area contributed by atoms with E-state index in [0.29, 0.717) is 23.2 Å². The van der Waals surface area contributed by atoms with Crippen molar-refractivity contribution < 1.29 is 4.42 Å². The third kappa shape index (κ3) is 3.78. The van der Waals surface area contributed by atoms with Gasteiger partial charge in [0.2, 0.25) is 0 Å². The van der Waals surface area contributed by atoms with Crippen molar-refractivity contribution in [2.45, 2.75) is 0 Å². The number of furan rings is 1. The van der Waals surface area contributed by atoms with Crippen LogP contribution in [0.5, 0.6) is 0 Å². The number of rotatable bonds is 4. The smallest absolute Gasteiger partial charge is 0.164 e. The van der Waals surface area contributed by atoms with Crippen LogP contribution >= 0.6 is 0 Å². The van der Waals surface area contributed by atoms with Crippen molar-refractivity contribution in [1.29, 1.82) is 0 Å². The highest BCUT2D eigenvalue weighted by Crippen LogP contribution is 2.41. The molecule has 5 aromatic carbocycles. The van der Waals surface area contributed by atoms with Crippen molar-refractivity contribution in [3.05, 3.63) is 121 Å². The first-order valence-electron chi connectivity index (χ1n) is 12.4. The Balaban J connectivity index is 1.55. The predicted octanol–water partition coefficient (Wildman–Crippen LogP) is 8.02.